The summed E-state index contributed by atoms with van der Waals surface area (Å²) in [6.45, 7) is 6.15. The van der Waals surface area contributed by atoms with Crippen LogP contribution in [0.5, 0.6) is 0 Å². The molecule has 0 bridgehead atoms. The van der Waals surface area contributed by atoms with Crippen LogP contribution >= 0.6 is 0 Å². The number of rotatable bonds is 2. The van der Waals surface area contributed by atoms with E-state index in [0.717, 1.165) is 19.3 Å². The molecule has 0 aromatic rings. The van der Waals surface area contributed by atoms with E-state index in [2.05, 4.69) is 13.8 Å². The molecule has 24 heavy (non-hydrogen) atoms. The van der Waals surface area contributed by atoms with Gasteiger partial charge in [-0.2, -0.15) is 0 Å². The predicted octanol–water partition coefficient (Wildman–Crippen LogP) is 3.17. The molecule has 0 spiro atoms. The highest BCUT2D eigenvalue weighted by Crippen LogP contribution is 2.54. The minimum Gasteiger partial charge on any atom is -0.458 e. The molecule has 1 fully saturated rings. The van der Waals surface area contributed by atoms with Gasteiger partial charge < -0.3 is 14.2 Å². The molecule has 128 valence electrons. The van der Waals surface area contributed by atoms with Crippen LogP contribution in [0.2, 0.25) is 0 Å². The van der Waals surface area contributed by atoms with Gasteiger partial charge in [-0.15, -0.1) is 0 Å². The minimum absolute atomic E-state index is 0.0297. The number of fused-ring (bicyclic) bond motifs is 2. The van der Waals surface area contributed by atoms with Crippen LogP contribution in [-0.2, 0) is 23.8 Å². The van der Waals surface area contributed by atoms with Crippen molar-refractivity contribution in [3.05, 3.63) is 34.6 Å². The molecule has 3 atom stereocenters. The molecule has 0 aromatic carbocycles. The number of carbonyl (C=O) groups is 2. The lowest BCUT2D eigenvalue weighted by Gasteiger charge is -2.34. The first-order chi connectivity index (χ1) is 11.4. The highest BCUT2D eigenvalue weighted by molar-refractivity contribution is 5.92. The van der Waals surface area contributed by atoms with E-state index in [1.807, 2.05) is 0 Å². The Labute approximate surface area is 141 Å². The van der Waals surface area contributed by atoms with E-state index in [1.54, 1.807) is 13.0 Å². The van der Waals surface area contributed by atoms with Gasteiger partial charge in [-0.1, -0.05) is 19.4 Å². The SMILES string of the molecule is CC1=CC(O/C=C2/C(=O)OC3C4=C(CCCC4(C)C)CC23)OC1=O. The summed E-state index contributed by atoms with van der Waals surface area (Å²) in [4.78, 5) is 23.7. The van der Waals surface area contributed by atoms with Crippen LogP contribution in [0.25, 0.3) is 0 Å². The van der Waals surface area contributed by atoms with Crippen molar-refractivity contribution in [3.63, 3.8) is 0 Å². The normalized spacial score (nSPS) is 35.5. The molecule has 2 heterocycles. The smallest absolute Gasteiger partial charge is 0.338 e. The molecule has 4 rings (SSSR count). The Bertz CT molecular complexity index is 709. The highest BCUT2D eigenvalue weighted by atomic mass is 16.7. The number of esters is 2. The Morgan fingerprint density at radius 3 is 2.75 bits per heavy atom. The van der Waals surface area contributed by atoms with Crippen molar-refractivity contribution in [1.29, 1.82) is 0 Å². The first-order valence-corrected chi connectivity index (χ1v) is 8.55. The summed E-state index contributed by atoms with van der Waals surface area (Å²) in [6, 6.07) is 0. The van der Waals surface area contributed by atoms with Gasteiger partial charge in [0.1, 0.15) is 6.10 Å². The molecule has 5 nitrogen and oxygen atoms in total. The summed E-state index contributed by atoms with van der Waals surface area (Å²) >= 11 is 0. The van der Waals surface area contributed by atoms with Gasteiger partial charge in [-0.25, -0.2) is 9.59 Å². The van der Waals surface area contributed by atoms with Gasteiger partial charge >= 0.3 is 11.9 Å². The average Bonchev–Trinajstić information content (AvgIpc) is 3.10. The number of allylic oxidation sites excluding steroid dienone is 1. The van der Waals surface area contributed by atoms with Gasteiger partial charge in [0.15, 0.2) is 0 Å². The van der Waals surface area contributed by atoms with E-state index in [1.165, 1.54) is 23.8 Å². The zero-order valence-electron chi connectivity index (χ0n) is 14.3. The Hall–Kier alpha value is -2.04. The van der Waals surface area contributed by atoms with Crippen LogP contribution in [0, 0.1) is 11.3 Å². The van der Waals surface area contributed by atoms with E-state index in [-0.39, 0.29) is 29.4 Å². The third-order valence-electron chi connectivity index (χ3n) is 5.64. The first-order valence-electron chi connectivity index (χ1n) is 8.55. The lowest BCUT2D eigenvalue weighted by molar-refractivity contribution is -0.152. The van der Waals surface area contributed by atoms with Crippen LogP contribution in [0.4, 0.5) is 0 Å². The van der Waals surface area contributed by atoms with E-state index in [0.29, 0.717) is 11.1 Å². The number of hydrogen-bond donors (Lipinski definition) is 0. The van der Waals surface area contributed by atoms with Crippen molar-refractivity contribution < 1.29 is 23.8 Å². The maximum Gasteiger partial charge on any atom is 0.338 e. The van der Waals surface area contributed by atoms with Crippen LogP contribution in [0.15, 0.2) is 34.6 Å². The first kappa shape index (κ1) is 15.5. The summed E-state index contributed by atoms with van der Waals surface area (Å²) in [5.74, 6) is -0.671. The fourth-order valence-corrected chi connectivity index (χ4v) is 4.46. The monoisotopic (exact) mass is 330 g/mol. The number of carbonyl (C=O) groups excluding carboxylic acids is 2. The molecule has 0 amide bonds. The van der Waals surface area contributed by atoms with E-state index in [4.69, 9.17) is 14.2 Å². The maximum absolute atomic E-state index is 12.3. The minimum atomic E-state index is -0.753. The predicted molar refractivity (Wildman–Crippen MR) is 85.5 cm³/mol. The second-order valence-corrected chi connectivity index (χ2v) is 7.72. The maximum atomic E-state index is 12.3. The van der Waals surface area contributed by atoms with Crippen LogP contribution in [0.1, 0.15) is 46.5 Å². The van der Waals surface area contributed by atoms with Crippen molar-refractivity contribution in [2.75, 3.05) is 0 Å². The van der Waals surface area contributed by atoms with Gasteiger partial charge in [-0.05, 0) is 43.6 Å². The third kappa shape index (κ3) is 2.29. The van der Waals surface area contributed by atoms with Gasteiger partial charge in [0.25, 0.3) is 6.29 Å². The molecule has 2 aliphatic heterocycles. The van der Waals surface area contributed by atoms with E-state index >= 15 is 0 Å². The number of cyclic esters (lactones) is 1. The molecule has 1 saturated heterocycles. The van der Waals surface area contributed by atoms with E-state index < -0.39 is 6.29 Å². The third-order valence-corrected chi connectivity index (χ3v) is 5.64. The lowest BCUT2D eigenvalue weighted by Crippen LogP contribution is -2.27. The molecule has 0 N–H and O–H groups in total. The lowest BCUT2D eigenvalue weighted by atomic mass is 9.72. The zero-order valence-corrected chi connectivity index (χ0v) is 14.3. The second kappa shape index (κ2) is 5.23. The van der Waals surface area contributed by atoms with Crippen molar-refractivity contribution in [2.45, 2.75) is 58.8 Å². The summed E-state index contributed by atoms with van der Waals surface area (Å²) in [5, 5.41) is 0. The molecule has 3 unspecified atom stereocenters. The molecule has 0 saturated carbocycles. The van der Waals surface area contributed by atoms with Gasteiger partial charge in [-0.3, -0.25) is 0 Å². The van der Waals surface area contributed by atoms with E-state index in [9.17, 15) is 9.59 Å². The van der Waals surface area contributed by atoms with Crippen LogP contribution < -0.4 is 0 Å². The molecule has 4 aliphatic rings. The van der Waals surface area contributed by atoms with Crippen molar-refractivity contribution in [1.82, 2.24) is 0 Å². The Balaban J connectivity index is 1.55. The molecule has 0 aromatic heterocycles. The number of hydrogen-bond acceptors (Lipinski definition) is 5. The van der Waals surface area contributed by atoms with Gasteiger partial charge in [0.2, 0.25) is 0 Å². The summed E-state index contributed by atoms with van der Waals surface area (Å²) in [6.07, 6.45) is 6.42. The highest BCUT2D eigenvalue weighted by Gasteiger charge is 2.52. The Kier molecular flexibility index (Phi) is 3.37. The topological polar surface area (TPSA) is 61.8 Å². The Morgan fingerprint density at radius 2 is 2.04 bits per heavy atom. The summed E-state index contributed by atoms with van der Waals surface area (Å²) in [5.41, 5.74) is 3.93. The van der Waals surface area contributed by atoms with Crippen molar-refractivity contribution in [3.8, 4) is 0 Å². The largest absolute Gasteiger partial charge is 0.458 e. The molecule has 5 heteroatoms. The quantitative estimate of drug-likeness (QED) is 0.337. The zero-order chi connectivity index (χ0) is 17.1. The van der Waals surface area contributed by atoms with Crippen LogP contribution in [0.3, 0.4) is 0 Å². The summed E-state index contributed by atoms with van der Waals surface area (Å²) < 4.78 is 16.2. The van der Waals surface area contributed by atoms with Crippen molar-refractivity contribution in [2.24, 2.45) is 11.3 Å². The van der Waals surface area contributed by atoms with Crippen LogP contribution in [-0.4, -0.2) is 24.3 Å². The fourth-order valence-electron chi connectivity index (χ4n) is 4.46. The molecule has 0 radical (unpaired) electrons. The average molecular weight is 330 g/mol. The summed E-state index contributed by atoms with van der Waals surface area (Å²) in [7, 11) is 0. The van der Waals surface area contributed by atoms with Crippen molar-refractivity contribution >= 4 is 11.9 Å². The molecule has 2 aliphatic carbocycles. The van der Waals surface area contributed by atoms with Gasteiger partial charge in [0.05, 0.1) is 11.8 Å². The molecular weight excluding hydrogens is 308 g/mol. The Morgan fingerprint density at radius 1 is 1.25 bits per heavy atom. The van der Waals surface area contributed by atoms with Gasteiger partial charge in [0, 0.05) is 17.6 Å². The molecular formula is C19H22O5. The second-order valence-electron chi connectivity index (χ2n) is 7.72. The number of ether oxygens (including phenoxy) is 3. The standard InChI is InChI=1S/C19H22O5/c1-10-7-14(23-17(10)20)22-9-13-12-8-11-5-4-6-19(2,3)15(11)16(12)24-18(13)21/h7,9,12,14,16H,4-6,8H2,1-3H3/b13-9+. The fraction of sp³-hybridized carbons (Fsp3) is 0.579.